The van der Waals surface area contributed by atoms with Gasteiger partial charge in [0.15, 0.2) is 0 Å². The standard InChI is InChI=1S/C18H24F2/c1-2-3-4-14-5-7-15(8-6-14)17-10-9-16(11-12-19)18(20)13-17/h9-15H,2-8H2,1H3/t14-,15-. The van der Waals surface area contributed by atoms with Crippen molar-refractivity contribution in [2.45, 2.75) is 57.8 Å². The Morgan fingerprint density at radius 2 is 1.95 bits per heavy atom. The summed E-state index contributed by atoms with van der Waals surface area (Å²) in [6.45, 7) is 2.24. The average Bonchev–Trinajstić information content (AvgIpc) is 2.48. The van der Waals surface area contributed by atoms with Gasteiger partial charge in [0.05, 0.1) is 6.33 Å². The lowest BCUT2D eigenvalue weighted by molar-refractivity contribution is 0.304. The summed E-state index contributed by atoms with van der Waals surface area (Å²) in [5.74, 6) is 1.03. The molecule has 1 saturated carbocycles. The molecule has 0 spiro atoms. The van der Waals surface area contributed by atoms with Gasteiger partial charge in [-0.15, -0.1) is 0 Å². The van der Waals surface area contributed by atoms with Crippen molar-refractivity contribution in [2.24, 2.45) is 5.92 Å². The van der Waals surface area contributed by atoms with E-state index in [1.807, 2.05) is 6.07 Å². The molecule has 2 heteroatoms. The molecule has 0 nitrogen and oxygen atoms in total. The smallest absolute Gasteiger partial charge is 0.130 e. The maximum absolute atomic E-state index is 13.8. The molecule has 0 atom stereocenters. The van der Waals surface area contributed by atoms with Crippen LogP contribution in [-0.2, 0) is 0 Å². The van der Waals surface area contributed by atoms with Crippen molar-refractivity contribution in [3.05, 3.63) is 41.5 Å². The molecule has 0 radical (unpaired) electrons. The van der Waals surface area contributed by atoms with Crippen LogP contribution in [0.15, 0.2) is 24.5 Å². The summed E-state index contributed by atoms with van der Waals surface area (Å²) in [6.07, 6.45) is 10.3. The predicted octanol–water partition coefficient (Wildman–Crippen LogP) is 6.23. The zero-order valence-electron chi connectivity index (χ0n) is 12.2. The Morgan fingerprint density at radius 1 is 1.20 bits per heavy atom. The highest BCUT2D eigenvalue weighted by molar-refractivity contribution is 5.49. The largest absolute Gasteiger partial charge is 0.216 e. The minimum Gasteiger partial charge on any atom is -0.216 e. The number of hydrogen-bond donors (Lipinski definition) is 0. The van der Waals surface area contributed by atoms with Crippen LogP contribution in [0.1, 0.15) is 68.9 Å². The van der Waals surface area contributed by atoms with Gasteiger partial charge in [-0.1, -0.05) is 38.3 Å². The number of hydrogen-bond acceptors (Lipinski definition) is 0. The first-order valence-corrected chi connectivity index (χ1v) is 7.80. The van der Waals surface area contributed by atoms with E-state index in [1.54, 1.807) is 12.1 Å². The molecule has 110 valence electrons. The van der Waals surface area contributed by atoms with E-state index < -0.39 is 0 Å². The van der Waals surface area contributed by atoms with Gasteiger partial charge in [-0.05, 0) is 55.2 Å². The summed E-state index contributed by atoms with van der Waals surface area (Å²) in [6, 6.07) is 5.23. The van der Waals surface area contributed by atoms with Gasteiger partial charge in [-0.25, -0.2) is 8.78 Å². The normalized spacial score (nSPS) is 23.4. The van der Waals surface area contributed by atoms with Crippen molar-refractivity contribution in [2.75, 3.05) is 0 Å². The van der Waals surface area contributed by atoms with Crippen LogP contribution >= 0.6 is 0 Å². The summed E-state index contributed by atoms with van der Waals surface area (Å²) in [5.41, 5.74) is 1.40. The first-order valence-electron chi connectivity index (χ1n) is 7.80. The molecule has 20 heavy (non-hydrogen) atoms. The molecule has 0 N–H and O–H groups in total. The van der Waals surface area contributed by atoms with Crippen LogP contribution < -0.4 is 0 Å². The lowest BCUT2D eigenvalue weighted by atomic mass is 9.77. The third-order valence-corrected chi connectivity index (χ3v) is 4.55. The van der Waals surface area contributed by atoms with Crippen molar-refractivity contribution < 1.29 is 8.78 Å². The Hall–Kier alpha value is -1.18. The van der Waals surface area contributed by atoms with E-state index in [0.29, 0.717) is 17.8 Å². The number of rotatable bonds is 5. The summed E-state index contributed by atoms with van der Waals surface area (Å²) >= 11 is 0. The molecule has 2 rings (SSSR count). The van der Waals surface area contributed by atoms with Gasteiger partial charge in [-0.3, -0.25) is 0 Å². The van der Waals surface area contributed by atoms with Crippen LogP contribution in [0.5, 0.6) is 0 Å². The van der Waals surface area contributed by atoms with Crippen LogP contribution in [0.3, 0.4) is 0 Å². The Balaban J connectivity index is 1.95. The Bertz CT molecular complexity index is 443. The topological polar surface area (TPSA) is 0 Å². The van der Waals surface area contributed by atoms with Gasteiger partial charge >= 0.3 is 0 Å². The van der Waals surface area contributed by atoms with Gasteiger partial charge in [0.1, 0.15) is 5.82 Å². The third kappa shape index (κ3) is 3.91. The lowest BCUT2D eigenvalue weighted by Crippen LogP contribution is -2.13. The zero-order valence-corrected chi connectivity index (χ0v) is 12.2. The summed E-state index contributed by atoms with van der Waals surface area (Å²) in [4.78, 5) is 0. The van der Waals surface area contributed by atoms with Gasteiger partial charge in [-0.2, -0.15) is 0 Å². The molecule has 0 unspecified atom stereocenters. The van der Waals surface area contributed by atoms with E-state index >= 15 is 0 Å². The maximum atomic E-state index is 13.8. The van der Waals surface area contributed by atoms with Gasteiger partial charge in [0.25, 0.3) is 0 Å². The molecular weight excluding hydrogens is 254 g/mol. The molecule has 1 aromatic carbocycles. The van der Waals surface area contributed by atoms with Crippen LogP contribution in [0.2, 0.25) is 0 Å². The second kappa shape index (κ2) is 7.56. The van der Waals surface area contributed by atoms with Crippen LogP contribution in [0, 0.1) is 11.7 Å². The first-order chi connectivity index (χ1) is 9.74. The van der Waals surface area contributed by atoms with E-state index in [-0.39, 0.29) is 5.82 Å². The Morgan fingerprint density at radius 3 is 2.55 bits per heavy atom. The van der Waals surface area contributed by atoms with Crippen molar-refractivity contribution in [3.63, 3.8) is 0 Å². The van der Waals surface area contributed by atoms with Crippen molar-refractivity contribution in [1.29, 1.82) is 0 Å². The Kier molecular flexibility index (Phi) is 5.75. The molecule has 1 fully saturated rings. The van der Waals surface area contributed by atoms with Crippen molar-refractivity contribution in [1.82, 2.24) is 0 Å². The van der Waals surface area contributed by atoms with Gasteiger partial charge in [0.2, 0.25) is 0 Å². The number of halogens is 2. The second-order valence-corrected chi connectivity index (χ2v) is 5.93. The average molecular weight is 278 g/mol. The van der Waals surface area contributed by atoms with E-state index in [1.165, 1.54) is 38.2 Å². The minimum atomic E-state index is -0.315. The molecular formula is C18H24F2. The molecule has 1 aromatic rings. The van der Waals surface area contributed by atoms with Gasteiger partial charge < -0.3 is 0 Å². The highest BCUT2D eigenvalue weighted by atomic mass is 19.1. The minimum absolute atomic E-state index is 0.315. The van der Waals surface area contributed by atoms with E-state index in [4.69, 9.17) is 0 Å². The summed E-state index contributed by atoms with van der Waals surface area (Å²) in [5, 5.41) is 0. The second-order valence-electron chi connectivity index (χ2n) is 5.93. The molecule has 0 amide bonds. The third-order valence-electron chi connectivity index (χ3n) is 4.55. The number of unbranched alkanes of at least 4 members (excludes halogenated alkanes) is 1. The monoisotopic (exact) mass is 278 g/mol. The summed E-state index contributed by atoms with van der Waals surface area (Å²) < 4.78 is 25.9. The Labute approximate surface area is 120 Å². The maximum Gasteiger partial charge on any atom is 0.130 e. The first kappa shape index (κ1) is 15.2. The SMILES string of the molecule is CCCC[C@H]1CC[C@H](c2ccc(C=CF)c(F)c2)CC1. The fourth-order valence-electron chi connectivity index (χ4n) is 3.28. The van der Waals surface area contributed by atoms with Crippen LogP contribution in [-0.4, -0.2) is 0 Å². The molecule has 1 aliphatic carbocycles. The fourth-order valence-corrected chi connectivity index (χ4v) is 3.28. The van der Waals surface area contributed by atoms with Crippen molar-refractivity contribution >= 4 is 6.08 Å². The van der Waals surface area contributed by atoms with Crippen molar-refractivity contribution in [3.8, 4) is 0 Å². The lowest BCUT2D eigenvalue weighted by Gasteiger charge is -2.29. The highest BCUT2D eigenvalue weighted by Crippen LogP contribution is 2.38. The van der Waals surface area contributed by atoms with Crippen LogP contribution in [0.25, 0.3) is 6.08 Å². The number of benzene rings is 1. The predicted molar refractivity (Wildman–Crippen MR) is 80.8 cm³/mol. The summed E-state index contributed by atoms with van der Waals surface area (Å²) in [7, 11) is 0. The van der Waals surface area contributed by atoms with Crippen LogP contribution in [0.4, 0.5) is 8.78 Å². The zero-order chi connectivity index (χ0) is 14.4. The molecule has 0 aliphatic heterocycles. The van der Waals surface area contributed by atoms with E-state index in [0.717, 1.165) is 24.3 Å². The highest BCUT2D eigenvalue weighted by Gasteiger charge is 2.22. The molecule has 0 saturated heterocycles. The molecule has 0 heterocycles. The van der Waals surface area contributed by atoms with E-state index in [9.17, 15) is 8.78 Å². The van der Waals surface area contributed by atoms with Gasteiger partial charge in [0, 0.05) is 5.56 Å². The fraction of sp³-hybridized carbons (Fsp3) is 0.556. The molecule has 0 aromatic heterocycles. The quantitative estimate of drug-likeness (QED) is 0.599. The molecule has 1 aliphatic rings. The molecule has 0 bridgehead atoms. The van der Waals surface area contributed by atoms with E-state index in [2.05, 4.69) is 6.92 Å².